The Bertz CT molecular complexity index is 2070. The monoisotopic (exact) mass is 543 g/mol. The van der Waals surface area contributed by atoms with Crippen LogP contribution in [0.1, 0.15) is 25.0 Å². The van der Waals surface area contributed by atoms with Gasteiger partial charge in [-0.1, -0.05) is 111 Å². The van der Waals surface area contributed by atoms with Gasteiger partial charge in [0.15, 0.2) is 0 Å². The molecule has 1 heterocycles. The van der Waals surface area contributed by atoms with Gasteiger partial charge < -0.3 is 4.90 Å². The summed E-state index contributed by atoms with van der Waals surface area (Å²) < 4.78 is 2.64. The van der Waals surface area contributed by atoms with Crippen molar-refractivity contribution < 1.29 is 0 Å². The van der Waals surface area contributed by atoms with Gasteiger partial charge in [-0.15, -0.1) is 11.3 Å². The van der Waals surface area contributed by atoms with Crippen LogP contribution >= 0.6 is 11.3 Å². The molecular formula is C39H29NS. The first kappa shape index (κ1) is 24.2. The van der Waals surface area contributed by atoms with Crippen molar-refractivity contribution in [3.63, 3.8) is 0 Å². The van der Waals surface area contributed by atoms with Crippen LogP contribution in [0.4, 0.5) is 17.1 Å². The van der Waals surface area contributed by atoms with Crippen molar-refractivity contribution in [1.82, 2.24) is 0 Å². The van der Waals surface area contributed by atoms with Gasteiger partial charge in [0.05, 0.1) is 0 Å². The first-order chi connectivity index (χ1) is 20.1. The molecule has 2 heteroatoms. The highest BCUT2D eigenvalue weighted by Crippen LogP contribution is 2.51. The number of benzene rings is 6. The Hall–Kier alpha value is -4.66. The molecular weight excluding hydrogens is 515 g/mol. The maximum absolute atomic E-state index is 2.41. The van der Waals surface area contributed by atoms with E-state index in [1.165, 1.54) is 64.9 Å². The van der Waals surface area contributed by atoms with Gasteiger partial charge in [-0.05, 0) is 75.8 Å². The normalized spacial score (nSPS) is 13.3. The highest BCUT2D eigenvalue weighted by molar-refractivity contribution is 7.25. The molecule has 0 bridgehead atoms. The summed E-state index contributed by atoms with van der Waals surface area (Å²) in [5.41, 5.74) is 11.4. The largest absolute Gasteiger partial charge is 0.310 e. The molecule has 6 aromatic carbocycles. The minimum Gasteiger partial charge on any atom is -0.310 e. The van der Waals surface area contributed by atoms with Gasteiger partial charge in [-0.2, -0.15) is 0 Å². The topological polar surface area (TPSA) is 3.24 Å². The van der Waals surface area contributed by atoms with E-state index in [-0.39, 0.29) is 5.41 Å². The molecule has 0 unspecified atom stereocenters. The van der Waals surface area contributed by atoms with Crippen molar-refractivity contribution in [2.75, 3.05) is 4.90 Å². The fraction of sp³-hybridized carbons (Fsp3) is 0.0769. The molecule has 0 N–H and O–H groups in total. The number of anilines is 3. The van der Waals surface area contributed by atoms with Crippen molar-refractivity contribution in [2.45, 2.75) is 19.3 Å². The van der Waals surface area contributed by atoms with E-state index in [0.717, 1.165) is 5.69 Å². The third-order valence-corrected chi connectivity index (χ3v) is 9.81. The SMILES string of the molecule is CC1(C)c2ccccc2-c2ccc(N(c3ccc(-c4ccccc4)cc3)c3ccc4c(c3)sc3ccccc34)cc21. The van der Waals surface area contributed by atoms with Crippen LogP contribution in [-0.4, -0.2) is 0 Å². The summed E-state index contributed by atoms with van der Waals surface area (Å²) in [5.74, 6) is 0. The van der Waals surface area contributed by atoms with Gasteiger partial charge in [-0.3, -0.25) is 0 Å². The number of fused-ring (bicyclic) bond motifs is 6. The molecule has 196 valence electrons. The second-order valence-electron chi connectivity index (χ2n) is 11.4. The third kappa shape index (κ3) is 3.83. The van der Waals surface area contributed by atoms with E-state index < -0.39 is 0 Å². The molecule has 1 aliphatic rings. The molecule has 0 radical (unpaired) electrons. The van der Waals surface area contributed by atoms with E-state index in [1.807, 2.05) is 11.3 Å². The Morgan fingerprint density at radius 2 is 1.07 bits per heavy atom. The van der Waals surface area contributed by atoms with E-state index in [9.17, 15) is 0 Å². The molecule has 0 amide bonds. The minimum atomic E-state index is -0.0554. The molecule has 0 saturated heterocycles. The molecule has 8 rings (SSSR count). The quantitative estimate of drug-likeness (QED) is 0.213. The molecule has 0 aliphatic heterocycles. The average molecular weight is 544 g/mol. The van der Waals surface area contributed by atoms with Gasteiger partial charge in [0, 0.05) is 42.6 Å². The van der Waals surface area contributed by atoms with Crippen molar-refractivity contribution in [3.8, 4) is 22.3 Å². The predicted molar refractivity (Wildman–Crippen MR) is 177 cm³/mol. The van der Waals surface area contributed by atoms with E-state index in [0.29, 0.717) is 0 Å². The van der Waals surface area contributed by atoms with Crippen LogP contribution < -0.4 is 4.90 Å². The van der Waals surface area contributed by atoms with Crippen LogP contribution in [0.25, 0.3) is 42.4 Å². The maximum atomic E-state index is 2.41. The summed E-state index contributed by atoms with van der Waals surface area (Å²) in [5, 5.41) is 2.65. The Kier molecular flexibility index (Phi) is 5.42. The molecule has 0 atom stereocenters. The number of nitrogens with zero attached hydrogens (tertiary/aromatic N) is 1. The summed E-state index contributed by atoms with van der Waals surface area (Å²) in [7, 11) is 0. The maximum Gasteiger partial charge on any atom is 0.0476 e. The Morgan fingerprint density at radius 3 is 1.93 bits per heavy atom. The highest BCUT2D eigenvalue weighted by atomic mass is 32.1. The zero-order chi connectivity index (χ0) is 27.6. The second-order valence-corrected chi connectivity index (χ2v) is 12.5. The van der Waals surface area contributed by atoms with Gasteiger partial charge in [-0.25, -0.2) is 0 Å². The lowest BCUT2D eigenvalue weighted by Gasteiger charge is -2.28. The standard InChI is InChI=1S/C39H29NS/c1-39(2)35-14-8-6-12-31(35)32-22-20-29(24-36(32)39)40(28-18-16-27(17-19-28)26-10-4-3-5-11-26)30-21-23-34-33-13-7-9-15-37(33)41-38(34)25-30/h3-25H,1-2H3. The van der Waals surface area contributed by atoms with Crippen LogP contribution in [0.3, 0.4) is 0 Å². The number of hydrogen-bond acceptors (Lipinski definition) is 2. The zero-order valence-electron chi connectivity index (χ0n) is 23.1. The van der Waals surface area contributed by atoms with Crippen LogP contribution in [0, 0.1) is 0 Å². The van der Waals surface area contributed by atoms with Gasteiger partial charge in [0.2, 0.25) is 0 Å². The molecule has 1 nitrogen and oxygen atoms in total. The Balaban J connectivity index is 1.30. The molecule has 7 aromatic rings. The number of rotatable bonds is 4. The Morgan fingerprint density at radius 1 is 0.463 bits per heavy atom. The second kappa shape index (κ2) is 9.19. The van der Waals surface area contributed by atoms with Crippen molar-refractivity contribution >= 4 is 48.6 Å². The summed E-state index contributed by atoms with van der Waals surface area (Å²) in [6.45, 7) is 4.70. The minimum absolute atomic E-state index is 0.0554. The molecule has 1 aliphatic carbocycles. The lowest BCUT2D eigenvalue weighted by Crippen LogP contribution is -2.16. The first-order valence-electron chi connectivity index (χ1n) is 14.2. The van der Waals surface area contributed by atoms with E-state index in [4.69, 9.17) is 0 Å². The molecule has 41 heavy (non-hydrogen) atoms. The highest BCUT2D eigenvalue weighted by Gasteiger charge is 2.35. The fourth-order valence-corrected chi connectivity index (χ4v) is 7.70. The first-order valence-corrected chi connectivity index (χ1v) is 15.0. The summed E-state index contributed by atoms with van der Waals surface area (Å²) in [6.07, 6.45) is 0. The van der Waals surface area contributed by atoms with E-state index in [1.54, 1.807) is 0 Å². The average Bonchev–Trinajstić information content (AvgIpc) is 3.50. The van der Waals surface area contributed by atoms with Crippen LogP contribution in [0.15, 0.2) is 140 Å². The van der Waals surface area contributed by atoms with Gasteiger partial charge in [0.25, 0.3) is 0 Å². The number of hydrogen-bond donors (Lipinski definition) is 0. The van der Waals surface area contributed by atoms with Crippen LogP contribution in [0.5, 0.6) is 0 Å². The van der Waals surface area contributed by atoms with Gasteiger partial charge >= 0.3 is 0 Å². The molecule has 0 fully saturated rings. The fourth-order valence-electron chi connectivity index (χ4n) is 6.57. The Labute approximate surface area is 245 Å². The smallest absolute Gasteiger partial charge is 0.0476 e. The van der Waals surface area contributed by atoms with Gasteiger partial charge in [0.1, 0.15) is 0 Å². The summed E-state index contributed by atoms with van der Waals surface area (Å²) >= 11 is 1.87. The molecule has 1 aromatic heterocycles. The van der Waals surface area contributed by atoms with E-state index >= 15 is 0 Å². The number of thiophene rings is 1. The summed E-state index contributed by atoms with van der Waals surface area (Å²) in [4.78, 5) is 2.41. The predicted octanol–water partition coefficient (Wildman–Crippen LogP) is 11.5. The molecule has 0 spiro atoms. The zero-order valence-corrected chi connectivity index (χ0v) is 24.0. The van der Waals surface area contributed by atoms with Crippen molar-refractivity contribution in [1.29, 1.82) is 0 Å². The lowest BCUT2D eigenvalue weighted by molar-refractivity contribution is 0.660. The van der Waals surface area contributed by atoms with Crippen molar-refractivity contribution in [3.05, 3.63) is 151 Å². The lowest BCUT2D eigenvalue weighted by atomic mass is 9.82. The van der Waals surface area contributed by atoms with Crippen LogP contribution in [-0.2, 0) is 5.41 Å². The van der Waals surface area contributed by atoms with E-state index in [2.05, 4.69) is 158 Å². The molecule has 0 saturated carbocycles. The summed E-state index contributed by atoms with van der Waals surface area (Å²) in [6, 6.07) is 51.1. The third-order valence-electron chi connectivity index (χ3n) is 8.68. The van der Waals surface area contributed by atoms with Crippen molar-refractivity contribution in [2.24, 2.45) is 0 Å². The van der Waals surface area contributed by atoms with Crippen LogP contribution in [0.2, 0.25) is 0 Å².